The van der Waals surface area contributed by atoms with Crippen LogP contribution in [0.1, 0.15) is 24.0 Å². The van der Waals surface area contributed by atoms with Crippen LogP contribution < -0.4 is 15.4 Å². The zero-order valence-electron chi connectivity index (χ0n) is 18.9. The highest BCUT2D eigenvalue weighted by Gasteiger charge is 2.21. The highest BCUT2D eigenvalue weighted by molar-refractivity contribution is 6.34. The normalized spacial score (nSPS) is 15.2. The maximum absolute atomic E-state index is 11.5. The third kappa shape index (κ3) is 4.66. The molecule has 1 aliphatic rings. The van der Waals surface area contributed by atoms with Crippen molar-refractivity contribution in [2.24, 2.45) is 0 Å². The van der Waals surface area contributed by atoms with Crippen molar-refractivity contribution in [2.75, 3.05) is 39.1 Å². The lowest BCUT2D eigenvalue weighted by atomic mass is 10.1. The molecule has 1 fully saturated rings. The monoisotopic (exact) mass is 456 g/mol. The van der Waals surface area contributed by atoms with Gasteiger partial charge in [-0.25, -0.2) is 9.97 Å². The van der Waals surface area contributed by atoms with Crippen LogP contribution in [0.2, 0.25) is 5.02 Å². The number of nitrogens with one attached hydrogen (secondary N) is 3. The molecular formula is C23H29ClN6O2. The van der Waals surface area contributed by atoms with E-state index in [2.05, 4.69) is 32.5 Å². The predicted octanol–water partition coefficient (Wildman–Crippen LogP) is 3.53. The summed E-state index contributed by atoms with van der Waals surface area (Å²) in [5, 5.41) is 6.76. The Morgan fingerprint density at radius 3 is 2.62 bits per heavy atom. The molecule has 8 nitrogen and oxygen atoms in total. The zero-order chi connectivity index (χ0) is 22.8. The number of pyridine rings is 1. The lowest BCUT2D eigenvalue weighted by Crippen LogP contribution is -2.36. The first-order chi connectivity index (χ1) is 15.4. The number of piperidine rings is 1. The van der Waals surface area contributed by atoms with Crippen molar-refractivity contribution in [3.8, 4) is 17.1 Å². The number of hydrogen-bond donors (Lipinski definition) is 3. The minimum atomic E-state index is -0.169. The largest absolute Gasteiger partial charge is 0.483 e. The van der Waals surface area contributed by atoms with E-state index in [0.29, 0.717) is 28.3 Å². The van der Waals surface area contributed by atoms with Gasteiger partial charge in [0.2, 0.25) is 0 Å². The molecule has 3 aromatic rings. The standard InChI is InChI=1S/C23H29ClN6O2/c1-13-9-15(10-14(2)21(13)32-12-18(31)25-3)22-28-20-19(17(24)11-26-23(20)29-22)27-16-5-7-30(4)8-6-16/h9-11,16H,5-8,12H2,1-4H3,(H,25,31)(H2,26,27,28,29). The molecule has 4 rings (SSSR count). The Balaban J connectivity index is 1.63. The van der Waals surface area contributed by atoms with Crippen molar-refractivity contribution in [3.63, 3.8) is 0 Å². The van der Waals surface area contributed by atoms with Gasteiger partial charge in [0.15, 0.2) is 12.3 Å². The summed E-state index contributed by atoms with van der Waals surface area (Å²) < 4.78 is 5.71. The van der Waals surface area contributed by atoms with E-state index < -0.39 is 0 Å². The lowest BCUT2D eigenvalue weighted by Gasteiger charge is -2.30. The number of aryl methyl sites for hydroxylation is 2. The number of benzene rings is 1. The SMILES string of the molecule is CNC(=O)COc1c(C)cc(-c2nc3ncc(Cl)c(NC4CCN(C)CC4)c3[nH]2)cc1C. The molecule has 0 saturated carbocycles. The van der Waals surface area contributed by atoms with Gasteiger partial charge in [-0.15, -0.1) is 0 Å². The van der Waals surface area contributed by atoms with E-state index in [1.807, 2.05) is 26.0 Å². The minimum absolute atomic E-state index is 0.0173. The van der Waals surface area contributed by atoms with Crippen LogP contribution in [0.15, 0.2) is 18.3 Å². The van der Waals surface area contributed by atoms with Crippen LogP contribution in [0, 0.1) is 13.8 Å². The highest BCUT2D eigenvalue weighted by atomic mass is 35.5. The Kier molecular flexibility index (Phi) is 6.53. The molecule has 0 spiro atoms. The van der Waals surface area contributed by atoms with Crippen LogP contribution in [0.25, 0.3) is 22.6 Å². The number of carbonyl (C=O) groups excluding carboxylic acids is 1. The van der Waals surface area contributed by atoms with E-state index in [4.69, 9.17) is 21.3 Å². The number of hydrogen-bond acceptors (Lipinski definition) is 6. The fourth-order valence-corrected chi connectivity index (χ4v) is 4.29. The molecule has 170 valence electrons. The fraction of sp³-hybridized carbons (Fsp3) is 0.435. The number of nitrogens with zero attached hydrogens (tertiary/aromatic N) is 3. The molecular weight excluding hydrogens is 428 g/mol. The van der Waals surface area contributed by atoms with Gasteiger partial charge in [-0.1, -0.05) is 11.6 Å². The minimum Gasteiger partial charge on any atom is -0.483 e. The van der Waals surface area contributed by atoms with Crippen molar-refractivity contribution < 1.29 is 9.53 Å². The summed E-state index contributed by atoms with van der Waals surface area (Å²) >= 11 is 6.52. The molecule has 3 heterocycles. The number of likely N-dealkylation sites (tertiary alicyclic amines) is 1. The Labute approximate surface area is 192 Å². The van der Waals surface area contributed by atoms with Crippen molar-refractivity contribution in [3.05, 3.63) is 34.5 Å². The topological polar surface area (TPSA) is 95.2 Å². The number of imidazole rings is 1. The van der Waals surface area contributed by atoms with E-state index in [1.54, 1.807) is 13.2 Å². The first kappa shape index (κ1) is 22.4. The molecule has 0 aliphatic carbocycles. The van der Waals surface area contributed by atoms with Gasteiger partial charge >= 0.3 is 0 Å². The molecule has 0 bridgehead atoms. The number of carbonyl (C=O) groups is 1. The van der Waals surface area contributed by atoms with Crippen LogP contribution in [0.4, 0.5) is 5.69 Å². The van der Waals surface area contributed by atoms with Crippen LogP contribution >= 0.6 is 11.6 Å². The number of ether oxygens (including phenoxy) is 1. The van der Waals surface area contributed by atoms with Crippen LogP contribution in [-0.2, 0) is 4.79 Å². The summed E-state index contributed by atoms with van der Waals surface area (Å²) in [6.07, 6.45) is 3.78. The summed E-state index contributed by atoms with van der Waals surface area (Å²) in [5.74, 6) is 1.25. The average molecular weight is 457 g/mol. The summed E-state index contributed by atoms with van der Waals surface area (Å²) in [6.45, 7) is 6.02. The van der Waals surface area contributed by atoms with Gasteiger partial charge in [0.05, 0.1) is 16.9 Å². The van der Waals surface area contributed by atoms with E-state index in [0.717, 1.165) is 53.8 Å². The van der Waals surface area contributed by atoms with Crippen molar-refractivity contribution in [1.29, 1.82) is 0 Å². The maximum Gasteiger partial charge on any atom is 0.257 e. The predicted molar refractivity (Wildman–Crippen MR) is 128 cm³/mol. The van der Waals surface area contributed by atoms with Crippen molar-refractivity contribution >= 4 is 34.4 Å². The molecule has 1 aromatic carbocycles. The molecule has 1 saturated heterocycles. The number of H-pyrrole nitrogens is 1. The Morgan fingerprint density at radius 2 is 1.97 bits per heavy atom. The molecule has 3 N–H and O–H groups in total. The Morgan fingerprint density at radius 1 is 1.28 bits per heavy atom. The lowest BCUT2D eigenvalue weighted by molar-refractivity contribution is -0.122. The first-order valence-corrected chi connectivity index (χ1v) is 11.2. The van der Waals surface area contributed by atoms with Crippen LogP contribution in [-0.4, -0.2) is 65.6 Å². The van der Waals surface area contributed by atoms with Gasteiger partial charge in [0.1, 0.15) is 17.1 Å². The van der Waals surface area contributed by atoms with Gasteiger partial charge in [0, 0.05) is 18.7 Å². The average Bonchev–Trinajstić information content (AvgIpc) is 3.21. The Hall–Kier alpha value is -2.84. The molecule has 0 unspecified atom stereocenters. The van der Waals surface area contributed by atoms with Crippen molar-refractivity contribution in [1.82, 2.24) is 25.2 Å². The zero-order valence-corrected chi connectivity index (χ0v) is 19.6. The van der Waals surface area contributed by atoms with Crippen LogP contribution in [0.3, 0.4) is 0 Å². The second-order valence-corrected chi connectivity index (χ2v) is 8.80. The molecule has 2 aromatic heterocycles. The van der Waals surface area contributed by atoms with Crippen molar-refractivity contribution in [2.45, 2.75) is 32.7 Å². The highest BCUT2D eigenvalue weighted by Crippen LogP contribution is 2.34. The molecule has 0 atom stereocenters. The number of anilines is 1. The second-order valence-electron chi connectivity index (χ2n) is 8.39. The third-order valence-corrected chi connectivity index (χ3v) is 6.19. The van der Waals surface area contributed by atoms with Gasteiger partial charge in [-0.2, -0.15) is 0 Å². The number of amides is 1. The maximum atomic E-state index is 11.5. The summed E-state index contributed by atoms with van der Waals surface area (Å²) in [7, 11) is 3.74. The Bertz CT molecular complexity index is 1110. The number of halogens is 1. The summed E-state index contributed by atoms with van der Waals surface area (Å²) in [5.41, 5.74) is 5.06. The fourth-order valence-electron chi connectivity index (χ4n) is 4.09. The van der Waals surface area contributed by atoms with E-state index in [-0.39, 0.29) is 12.5 Å². The van der Waals surface area contributed by atoms with Gasteiger partial charge in [-0.05, 0) is 70.1 Å². The van der Waals surface area contributed by atoms with Gasteiger partial charge in [-0.3, -0.25) is 4.79 Å². The molecule has 32 heavy (non-hydrogen) atoms. The van der Waals surface area contributed by atoms with Gasteiger partial charge < -0.3 is 25.3 Å². The quantitative estimate of drug-likeness (QED) is 0.525. The molecule has 9 heteroatoms. The first-order valence-electron chi connectivity index (χ1n) is 10.8. The second kappa shape index (κ2) is 9.34. The summed E-state index contributed by atoms with van der Waals surface area (Å²) in [4.78, 5) is 26.4. The number of aromatic amines is 1. The van der Waals surface area contributed by atoms with E-state index >= 15 is 0 Å². The van der Waals surface area contributed by atoms with E-state index in [9.17, 15) is 4.79 Å². The molecule has 1 aliphatic heterocycles. The summed E-state index contributed by atoms with van der Waals surface area (Å²) in [6, 6.07) is 4.35. The van der Waals surface area contributed by atoms with Crippen LogP contribution in [0.5, 0.6) is 5.75 Å². The molecule has 1 amide bonds. The number of likely N-dealkylation sites (N-methyl/N-ethyl adjacent to an activating group) is 1. The number of aromatic nitrogens is 3. The van der Waals surface area contributed by atoms with Gasteiger partial charge in [0.25, 0.3) is 5.91 Å². The van der Waals surface area contributed by atoms with E-state index in [1.165, 1.54) is 0 Å². The number of rotatable bonds is 6. The molecule has 0 radical (unpaired) electrons. The third-order valence-electron chi connectivity index (χ3n) is 5.90. The smallest absolute Gasteiger partial charge is 0.257 e. The number of fused-ring (bicyclic) bond motifs is 1.